The molecule has 1 heterocycles. The monoisotopic (exact) mass is 254 g/mol. The third-order valence-corrected chi connectivity index (χ3v) is 4.70. The van der Waals surface area contributed by atoms with Crippen LogP contribution in [-0.4, -0.2) is 38.3 Å². The molecule has 104 valence electrons. The Morgan fingerprint density at radius 2 is 1.83 bits per heavy atom. The van der Waals surface area contributed by atoms with E-state index < -0.39 is 5.60 Å². The van der Waals surface area contributed by atoms with Crippen molar-refractivity contribution >= 4 is 5.91 Å². The molecule has 0 aromatic heterocycles. The average molecular weight is 254 g/mol. The van der Waals surface area contributed by atoms with Gasteiger partial charge < -0.3 is 15.4 Å². The van der Waals surface area contributed by atoms with Crippen LogP contribution in [0.3, 0.4) is 0 Å². The van der Waals surface area contributed by atoms with Gasteiger partial charge in [0.2, 0.25) is 0 Å². The minimum atomic E-state index is -0.597. The summed E-state index contributed by atoms with van der Waals surface area (Å²) in [5.41, 5.74) is -0.294. The van der Waals surface area contributed by atoms with Gasteiger partial charge in [0.15, 0.2) is 0 Å². The molecule has 2 N–H and O–H groups in total. The van der Waals surface area contributed by atoms with E-state index in [2.05, 4.69) is 17.6 Å². The van der Waals surface area contributed by atoms with Crippen LogP contribution in [0.15, 0.2) is 0 Å². The maximum absolute atomic E-state index is 12.4. The molecule has 0 bridgehead atoms. The highest BCUT2D eigenvalue weighted by molar-refractivity contribution is 5.85. The first-order valence-electron chi connectivity index (χ1n) is 7.14. The standard InChI is InChI=1S/C14H26N2O2/c1-13(5-3-4-6-13)11-16-12(17)14(18-2)7-9-15-10-8-14/h15H,3-11H2,1-2H3,(H,16,17). The summed E-state index contributed by atoms with van der Waals surface area (Å²) in [7, 11) is 1.65. The topological polar surface area (TPSA) is 50.4 Å². The average Bonchev–Trinajstić information content (AvgIpc) is 2.84. The van der Waals surface area contributed by atoms with Crippen molar-refractivity contribution in [2.45, 2.75) is 51.0 Å². The summed E-state index contributed by atoms with van der Waals surface area (Å²) in [5.74, 6) is 0.0830. The minimum Gasteiger partial charge on any atom is -0.368 e. The molecule has 2 fully saturated rings. The molecular formula is C14H26N2O2. The molecule has 1 aliphatic carbocycles. The van der Waals surface area contributed by atoms with Gasteiger partial charge in [-0.25, -0.2) is 0 Å². The van der Waals surface area contributed by atoms with Crippen molar-refractivity contribution in [3.05, 3.63) is 0 Å². The fraction of sp³-hybridized carbons (Fsp3) is 0.929. The van der Waals surface area contributed by atoms with Crippen LogP contribution >= 0.6 is 0 Å². The molecule has 1 amide bonds. The Bertz CT molecular complexity index is 292. The maximum atomic E-state index is 12.4. The highest BCUT2D eigenvalue weighted by Crippen LogP contribution is 2.37. The van der Waals surface area contributed by atoms with Gasteiger partial charge in [0.05, 0.1) is 0 Å². The van der Waals surface area contributed by atoms with Crippen molar-refractivity contribution in [2.75, 3.05) is 26.7 Å². The second-order valence-electron chi connectivity index (χ2n) is 6.15. The van der Waals surface area contributed by atoms with Crippen molar-refractivity contribution in [2.24, 2.45) is 5.41 Å². The molecule has 0 aromatic carbocycles. The van der Waals surface area contributed by atoms with E-state index in [9.17, 15) is 4.79 Å². The lowest BCUT2D eigenvalue weighted by Gasteiger charge is -2.36. The van der Waals surface area contributed by atoms with E-state index in [1.54, 1.807) is 7.11 Å². The first-order chi connectivity index (χ1) is 8.60. The third-order valence-electron chi connectivity index (χ3n) is 4.70. The Hall–Kier alpha value is -0.610. The second kappa shape index (κ2) is 5.57. The first kappa shape index (κ1) is 13.8. The Morgan fingerprint density at radius 3 is 2.39 bits per heavy atom. The number of amides is 1. The van der Waals surface area contributed by atoms with E-state index in [1.807, 2.05) is 0 Å². The number of hydrogen-bond acceptors (Lipinski definition) is 3. The van der Waals surface area contributed by atoms with Crippen molar-refractivity contribution in [3.8, 4) is 0 Å². The zero-order chi connectivity index (χ0) is 13.1. The van der Waals surface area contributed by atoms with Gasteiger partial charge in [-0.15, -0.1) is 0 Å². The van der Waals surface area contributed by atoms with Crippen molar-refractivity contribution in [1.29, 1.82) is 0 Å². The van der Waals surface area contributed by atoms with E-state index in [1.165, 1.54) is 25.7 Å². The highest BCUT2D eigenvalue weighted by Gasteiger charge is 2.40. The molecule has 2 aliphatic rings. The zero-order valence-corrected chi connectivity index (χ0v) is 11.7. The number of hydrogen-bond donors (Lipinski definition) is 2. The van der Waals surface area contributed by atoms with Gasteiger partial charge in [0.25, 0.3) is 5.91 Å². The quantitative estimate of drug-likeness (QED) is 0.798. The smallest absolute Gasteiger partial charge is 0.252 e. The van der Waals surface area contributed by atoms with Crippen LogP contribution in [0.25, 0.3) is 0 Å². The van der Waals surface area contributed by atoms with Crippen LogP contribution in [0, 0.1) is 5.41 Å². The molecule has 1 saturated carbocycles. The van der Waals surface area contributed by atoms with Crippen molar-refractivity contribution in [3.63, 3.8) is 0 Å². The van der Waals surface area contributed by atoms with Crippen LogP contribution in [0.1, 0.15) is 45.4 Å². The van der Waals surface area contributed by atoms with Crippen LogP contribution < -0.4 is 10.6 Å². The molecule has 4 heteroatoms. The summed E-state index contributed by atoms with van der Waals surface area (Å²) in [4.78, 5) is 12.4. The maximum Gasteiger partial charge on any atom is 0.252 e. The Balaban J connectivity index is 1.89. The molecule has 0 atom stereocenters. The molecule has 18 heavy (non-hydrogen) atoms. The molecule has 2 rings (SSSR count). The predicted molar refractivity (Wildman–Crippen MR) is 71.4 cm³/mol. The fourth-order valence-electron chi connectivity index (χ4n) is 3.21. The number of carbonyl (C=O) groups is 1. The molecule has 0 aromatic rings. The molecule has 1 saturated heterocycles. The summed E-state index contributed by atoms with van der Waals surface area (Å²) in [6.07, 6.45) is 6.60. The van der Waals surface area contributed by atoms with Gasteiger partial charge in [-0.3, -0.25) is 4.79 Å². The lowest BCUT2D eigenvalue weighted by Crippen LogP contribution is -2.55. The third kappa shape index (κ3) is 2.86. The number of nitrogens with one attached hydrogen (secondary N) is 2. The molecule has 4 nitrogen and oxygen atoms in total. The number of carbonyl (C=O) groups excluding carboxylic acids is 1. The second-order valence-corrected chi connectivity index (χ2v) is 6.15. The fourth-order valence-corrected chi connectivity index (χ4v) is 3.21. The molecular weight excluding hydrogens is 228 g/mol. The van der Waals surface area contributed by atoms with E-state index in [0.717, 1.165) is 32.5 Å². The SMILES string of the molecule is COC1(C(=O)NCC2(C)CCCC2)CCNCC1. The molecule has 0 radical (unpaired) electrons. The predicted octanol–water partition coefficient (Wildman–Crippen LogP) is 1.45. The van der Waals surface area contributed by atoms with E-state index in [0.29, 0.717) is 5.41 Å². The van der Waals surface area contributed by atoms with Crippen LogP contribution in [-0.2, 0) is 9.53 Å². The number of piperidine rings is 1. The highest BCUT2D eigenvalue weighted by atomic mass is 16.5. The van der Waals surface area contributed by atoms with Gasteiger partial charge in [-0.05, 0) is 44.2 Å². The lowest BCUT2D eigenvalue weighted by molar-refractivity contribution is -0.147. The Labute approximate surface area is 110 Å². The lowest BCUT2D eigenvalue weighted by atomic mass is 9.87. The Kier molecular flexibility index (Phi) is 4.28. The Morgan fingerprint density at radius 1 is 1.22 bits per heavy atom. The minimum absolute atomic E-state index is 0.0830. The number of ether oxygens (including phenoxy) is 1. The summed E-state index contributed by atoms with van der Waals surface area (Å²) < 4.78 is 5.54. The van der Waals surface area contributed by atoms with Gasteiger partial charge >= 0.3 is 0 Å². The van der Waals surface area contributed by atoms with Crippen molar-refractivity contribution in [1.82, 2.24) is 10.6 Å². The van der Waals surface area contributed by atoms with Gasteiger partial charge in [0, 0.05) is 13.7 Å². The summed E-state index contributed by atoms with van der Waals surface area (Å²) in [6, 6.07) is 0. The zero-order valence-electron chi connectivity index (χ0n) is 11.7. The normalized spacial score (nSPS) is 25.9. The summed E-state index contributed by atoms with van der Waals surface area (Å²) >= 11 is 0. The van der Waals surface area contributed by atoms with Gasteiger partial charge in [-0.1, -0.05) is 19.8 Å². The van der Waals surface area contributed by atoms with Crippen molar-refractivity contribution < 1.29 is 9.53 Å². The van der Waals surface area contributed by atoms with Crippen LogP contribution in [0.2, 0.25) is 0 Å². The largest absolute Gasteiger partial charge is 0.368 e. The molecule has 0 spiro atoms. The number of methoxy groups -OCH3 is 1. The summed E-state index contributed by atoms with van der Waals surface area (Å²) in [6.45, 7) is 4.80. The van der Waals surface area contributed by atoms with E-state index in [-0.39, 0.29) is 5.91 Å². The van der Waals surface area contributed by atoms with Gasteiger partial charge in [0.1, 0.15) is 5.60 Å². The molecule has 1 aliphatic heterocycles. The summed E-state index contributed by atoms with van der Waals surface area (Å²) in [5, 5.41) is 6.41. The van der Waals surface area contributed by atoms with E-state index >= 15 is 0 Å². The van der Waals surface area contributed by atoms with Crippen LogP contribution in [0.4, 0.5) is 0 Å². The van der Waals surface area contributed by atoms with Gasteiger partial charge in [-0.2, -0.15) is 0 Å². The number of rotatable bonds is 4. The van der Waals surface area contributed by atoms with E-state index in [4.69, 9.17) is 4.74 Å². The van der Waals surface area contributed by atoms with Crippen LogP contribution in [0.5, 0.6) is 0 Å². The first-order valence-corrected chi connectivity index (χ1v) is 7.14. The molecule has 0 unspecified atom stereocenters.